The van der Waals surface area contributed by atoms with Crippen molar-refractivity contribution in [3.63, 3.8) is 0 Å². The highest BCUT2D eigenvalue weighted by atomic mass is 16.6. The third-order valence-corrected chi connectivity index (χ3v) is 11.4. The zero-order valence-electron chi connectivity index (χ0n) is 45.0. The highest BCUT2D eigenvalue weighted by Gasteiger charge is 2.19. The molecule has 0 amide bonds. The maximum atomic E-state index is 12.9. The van der Waals surface area contributed by atoms with Crippen molar-refractivity contribution in [2.24, 2.45) is 0 Å². The molecule has 0 aromatic rings. The summed E-state index contributed by atoms with van der Waals surface area (Å²) in [5.41, 5.74) is 0. The van der Waals surface area contributed by atoms with Gasteiger partial charge in [-0.25, -0.2) is 0 Å². The van der Waals surface area contributed by atoms with Crippen LogP contribution in [0.1, 0.15) is 233 Å². The molecule has 0 aromatic carbocycles. The van der Waals surface area contributed by atoms with Gasteiger partial charge in [0.15, 0.2) is 6.10 Å². The second kappa shape index (κ2) is 57.1. The summed E-state index contributed by atoms with van der Waals surface area (Å²) in [5, 5.41) is 0. The van der Waals surface area contributed by atoms with E-state index in [2.05, 4.69) is 142 Å². The van der Waals surface area contributed by atoms with Gasteiger partial charge in [0, 0.05) is 19.3 Å². The van der Waals surface area contributed by atoms with E-state index in [1.165, 1.54) is 64.2 Å². The number of carbonyl (C=O) groups is 3. The van der Waals surface area contributed by atoms with E-state index in [4.69, 9.17) is 14.2 Å². The molecule has 0 N–H and O–H groups in total. The first-order valence-electron chi connectivity index (χ1n) is 28.2. The molecule has 0 aromatic heterocycles. The molecule has 0 aliphatic rings. The molecule has 0 heterocycles. The molecule has 6 heteroatoms. The molecule has 0 rings (SSSR count). The van der Waals surface area contributed by atoms with Gasteiger partial charge in [-0.15, -0.1) is 0 Å². The van der Waals surface area contributed by atoms with Gasteiger partial charge in [-0.1, -0.05) is 225 Å². The molecule has 0 fully saturated rings. The zero-order valence-corrected chi connectivity index (χ0v) is 45.0. The van der Waals surface area contributed by atoms with Crippen molar-refractivity contribution in [2.75, 3.05) is 13.2 Å². The van der Waals surface area contributed by atoms with Crippen molar-refractivity contribution in [3.8, 4) is 0 Å². The minimum Gasteiger partial charge on any atom is -0.462 e. The lowest BCUT2D eigenvalue weighted by atomic mass is 10.1. The molecule has 0 saturated carbocycles. The van der Waals surface area contributed by atoms with Crippen LogP contribution in [0.4, 0.5) is 0 Å². The fourth-order valence-corrected chi connectivity index (χ4v) is 7.22. The Hall–Kier alpha value is -4.45. The summed E-state index contributed by atoms with van der Waals surface area (Å²) in [6, 6.07) is 0. The van der Waals surface area contributed by atoms with Gasteiger partial charge in [-0.2, -0.15) is 0 Å². The fraction of sp³-hybridized carbons (Fsp3) is 0.609. The van der Waals surface area contributed by atoms with Crippen molar-refractivity contribution in [2.45, 2.75) is 239 Å². The van der Waals surface area contributed by atoms with Gasteiger partial charge in [0.05, 0.1) is 0 Å². The number of hydrogen-bond acceptors (Lipinski definition) is 6. The van der Waals surface area contributed by atoms with Crippen LogP contribution in [-0.4, -0.2) is 37.2 Å². The van der Waals surface area contributed by atoms with Crippen LogP contribution in [0.3, 0.4) is 0 Å². The molecule has 70 heavy (non-hydrogen) atoms. The first kappa shape index (κ1) is 65.5. The molecular weight excluding hydrogens is 865 g/mol. The number of rotatable bonds is 49. The van der Waals surface area contributed by atoms with Gasteiger partial charge in [0.1, 0.15) is 13.2 Å². The van der Waals surface area contributed by atoms with Crippen LogP contribution in [0.25, 0.3) is 0 Å². The smallest absolute Gasteiger partial charge is 0.306 e. The van der Waals surface area contributed by atoms with Gasteiger partial charge in [-0.05, 0) is 122 Å². The maximum absolute atomic E-state index is 12.9. The second-order valence-electron chi connectivity index (χ2n) is 18.1. The lowest BCUT2D eigenvalue weighted by Crippen LogP contribution is -2.30. The number of esters is 3. The summed E-state index contributed by atoms with van der Waals surface area (Å²) < 4.78 is 16.8. The molecule has 0 saturated heterocycles. The largest absolute Gasteiger partial charge is 0.462 e. The van der Waals surface area contributed by atoms with E-state index in [1.54, 1.807) is 0 Å². The van der Waals surface area contributed by atoms with Gasteiger partial charge >= 0.3 is 17.9 Å². The van der Waals surface area contributed by atoms with E-state index >= 15 is 0 Å². The Bertz CT molecular complexity index is 1530. The average Bonchev–Trinajstić information content (AvgIpc) is 3.36. The minimum atomic E-state index is -0.824. The lowest BCUT2D eigenvalue weighted by Gasteiger charge is -2.18. The Labute approximate surface area is 430 Å². The van der Waals surface area contributed by atoms with Gasteiger partial charge in [0.25, 0.3) is 0 Å². The number of carbonyl (C=O) groups excluding carboxylic acids is 3. The van der Waals surface area contributed by atoms with E-state index in [0.29, 0.717) is 19.3 Å². The van der Waals surface area contributed by atoms with Gasteiger partial charge in [0.2, 0.25) is 0 Å². The van der Waals surface area contributed by atoms with Crippen LogP contribution in [0.5, 0.6) is 0 Å². The van der Waals surface area contributed by atoms with Crippen molar-refractivity contribution >= 4 is 17.9 Å². The van der Waals surface area contributed by atoms with Gasteiger partial charge in [-0.3, -0.25) is 14.4 Å². The number of unbranched alkanes of at least 4 members (excludes halogenated alkanes) is 16. The summed E-state index contributed by atoms with van der Waals surface area (Å²) in [6.45, 7) is 6.29. The maximum Gasteiger partial charge on any atom is 0.306 e. The van der Waals surface area contributed by atoms with E-state index in [-0.39, 0.29) is 37.5 Å². The van der Waals surface area contributed by atoms with Crippen molar-refractivity contribution < 1.29 is 28.6 Å². The Morgan fingerprint density at radius 2 is 0.586 bits per heavy atom. The molecule has 1 atom stereocenters. The number of hydrogen-bond donors (Lipinski definition) is 0. The highest BCUT2D eigenvalue weighted by molar-refractivity contribution is 5.71. The fourth-order valence-electron chi connectivity index (χ4n) is 7.22. The Kier molecular flexibility index (Phi) is 53.5. The topological polar surface area (TPSA) is 78.9 Å². The lowest BCUT2D eigenvalue weighted by molar-refractivity contribution is -0.166. The van der Waals surface area contributed by atoms with E-state index in [1.807, 2.05) is 12.2 Å². The van der Waals surface area contributed by atoms with Gasteiger partial charge < -0.3 is 14.2 Å². The predicted molar refractivity (Wildman–Crippen MR) is 302 cm³/mol. The second-order valence-corrected chi connectivity index (χ2v) is 18.1. The van der Waals surface area contributed by atoms with Crippen molar-refractivity contribution in [1.82, 2.24) is 0 Å². The van der Waals surface area contributed by atoms with Crippen LogP contribution in [-0.2, 0) is 28.6 Å². The number of ether oxygens (including phenoxy) is 3. The Balaban J connectivity index is 4.54. The standard InChI is InChI=1S/C64H102O6/c1-4-7-10-13-16-19-22-25-28-31-32-34-36-39-42-45-48-51-54-57-63(66)69-60-61(59-68-62(65)56-53-50-47-44-41-38-35-30-27-24-21-18-15-12-9-6-3)70-64(67)58-55-52-49-46-43-40-37-33-29-26-23-20-17-14-11-8-5-2/h7,9-10,12,16-21,25-30,32,34,38,41,47,50,61H,4-6,8,11,13-15,22-24,31,33,35-37,39-40,42-46,48-49,51-60H2,1-3H3/b10-7-,12-9-,19-16-,20-17-,21-18-,28-25-,29-26-,30-27-,34-32-,41-38-,50-47-. The summed E-state index contributed by atoms with van der Waals surface area (Å²) >= 11 is 0. The third-order valence-electron chi connectivity index (χ3n) is 11.4. The van der Waals surface area contributed by atoms with E-state index < -0.39 is 6.10 Å². The normalized spacial score (nSPS) is 13.1. The molecule has 0 aliphatic heterocycles. The van der Waals surface area contributed by atoms with Crippen molar-refractivity contribution in [3.05, 3.63) is 134 Å². The third kappa shape index (κ3) is 54.5. The molecule has 0 radical (unpaired) electrons. The summed E-state index contributed by atoms with van der Waals surface area (Å²) in [7, 11) is 0. The summed E-state index contributed by atoms with van der Waals surface area (Å²) in [4.78, 5) is 38.1. The average molecular weight is 968 g/mol. The van der Waals surface area contributed by atoms with Crippen LogP contribution in [0, 0.1) is 0 Å². The summed E-state index contributed by atoms with van der Waals surface area (Å²) in [6.07, 6.45) is 80.2. The molecular formula is C64H102O6. The molecule has 0 bridgehead atoms. The molecule has 0 aliphatic carbocycles. The molecule has 6 nitrogen and oxygen atoms in total. The molecule has 394 valence electrons. The Morgan fingerprint density at radius 3 is 0.957 bits per heavy atom. The first-order valence-corrected chi connectivity index (χ1v) is 28.2. The van der Waals surface area contributed by atoms with Crippen LogP contribution < -0.4 is 0 Å². The van der Waals surface area contributed by atoms with E-state index in [0.717, 1.165) is 122 Å². The minimum absolute atomic E-state index is 0.116. The van der Waals surface area contributed by atoms with E-state index in [9.17, 15) is 14.4 Å². The first-order chi connectivity index (χ1) is 34.5. The van der Waals surface area contributed by atoms with Crippen LogP contribution in [0.15, 0.2) is 134 Å². The Morgan fingerprint density at radius 1 is 0.300 bits per heavy atom. The predicted octanol–water partition coefficient (Wildman–Crippen LogP) is 19.0. The van der Waals surface area contributed by atoms with Crippen molar-refractivity contribution in [1.29, 1.82) is 0 Å². The monoisotopic (exact) mass is 967 g/mol. The molecule has 0 spiro atoms. The van der Waals surface area contributed by atoms with Crippen LogP contribution >= 0.6 is 0 Å². The van der Waals surface area contributed by atoms with Crippen LogP contribution in [0.2, 0.25) is 0 Å². The quantitative estimate of drug-likeness (QED) is 0.0262. The summed E-state index contributed by atoms with van der Waals surface area (Å²) in [5.74, 6) is -1.03. The molecule has 1 unspecified atom stereocenters. The number of allylic oxidation sites excluding steroid dienone is 22. The zero-order chi connectivity index (χ0) is 50.7. The SMILES string of the molecule is CC/C=C\C/C=C\C/C=C\C/C=C\C/C=C\CCC(=O)OCC(COC(=O)CCCCCCCC/C=C\C/C=C\C/C=C\C/C=C\CC)OC(=O)CCCCCCCCC/C=C\C/C=C\CCCCC. The highest BCUT2D eigenvalue weighted by Crippen LogP contribution is 2.13.